The van der Waals surface area contributed by atoms with Crippen molar-refractivity contribution in [3.05, 3.63) is 0 Å². The highest BCUT2D eigenvalue weighted by atomic mass is 19.1. The van der Waals surface area contributed by atoms with E-state index < -0.39 is 24.2 Å². The summed E-state index contributed by atoms with van der Waals surface area (Å²) >= 11 is 0. The van der Waals surface area contributed by atoms with E-state index in [9.17, 15) is 18.8 Å². The first-order chi connectivity index (χ1) is 11.4. The lowest BCUT2D eigenvalue weighted by Gasteiger charge is -2.23. The van der Waals surface area contributed by atoms with Crippen molar-refractivity contribution in [2.75, 3.05) is 19.6 Å². The number of nitrogens with zero attached hydrogens (tertiary/aromatic N) is 2. The summed E-state index contributed by atoms with van der Waals surface area (Å²) in [5, 5.41) is 11.9. The van der Waals surface area contributed by atoms with E-state index in [1.54, 1.807) is 4.90 Å². The maximum Gasteiger partial charge on any atom is 0.408 e. The molecule has 2 aliphatic heterocycles. The highest BCUT2D eigenvalue weighted by Crippen LogP contribution is 2.33. The van der Waals surface area contributed by atoms with Crippen LogP contribution in [0.5, 0.6) is 0 Å². The maximum atomic E-state index is 13.5. The van der Waals surface area contributed by atoms with Gasteiger partial charge in [0.1, 0.15) is 12.2 Å². The van der Waals surface area contributed by atoms with Gasteiger partial charge in [0.15, 0.2) is 0 Å². The van der Waals surface area contributed by atoms with Crippen LogP contribution in [0, 0.1) is 5.92 Å². The van der Waals surface area contributed by atoms with Crippen molar-refractivity contribution in [3.63, 3.8) is 0 Å². The average Bonchev–Trinajstić information content (AvgIpc) is 3.19. The molecule has 0 aromatic heterocycles. The van der Waals surface area contributed by atoms with Crippen LogP contribution in [-0.4, -0.2) is 76.7 Å². The van der Waals surface area contributed by atoms with Crippen LogP contribution in [0.3, 0.4) is 0 Å². The standard InChI is InChI=1S/C15H23FN4O4/c16-9-3-12(20(6-9)15(23)24)13(21)18-10-4-11(5-17)19(7-10)14(22)8-1-2-8/h8-12H,1-7,17H2,(H,18,21)(H,23,24)/t9-,10+,11+,12-/m0/s1. The van der Waals surface area contributed by atoms with Gasteiger partial charge in [0.2, 0.25) is 11.8 Å². The van der Waals surface area contributed by atoms with Gasteiger partial charge in [-0.3, -0.25) is 14.5 Å². The quantitative estimate of drug-likeness (QED) is 0.639. The third kappa shape index (κ3) is 3.31. The number of carbonyl (C=O) groups excluding carboxylic acids is 2. The van der Waals surface area contributed by atoms with Gasteiger partial charge in [-0.05, 0) is 19.3 Å². The minimum Gasteiger partial charge on any atom is -0.465 e. The summed E-state index contributed by atoms with van der Waals surface area (Å²) in [7, 11) is 0. The van der Waals surface area contributed by atoms with Crippen molar-refractivity contribution in [1.82, 2.24) is 15.1 Å². The van der Waals surface area contributed by atoms with Crippen LogP contribution < -0.4 is 11.1 Å². The molecule has 0 spiro atoms. The van der Waals surface area contributed by atoms with Gasteiger partial charge in [-0.1, -0.05) is 0 Å². The van der Waals surface area contributed by atoms with Crippen molar-refractivity contribution in [2.24, 2.45) is 11.7 Å². The van der Waals surface area contributed by atoms with Gasteiger partial charge in [-0.2, -0.15) is 0 Å². The zero-order valence-electron chi connectivity index (χ0n) is 13.4. The molecule has 3 fully saturated rings. The van der Waals surface area contributed by atoms with E-state index in [1.165, 1.54) is 0 Å². The molecule has 3 rings (SSSR count). The molecule has 2 saturated heterocycles. The molecule has 0 unspecified atom stereocenters. The predicted molar refractivity (Wildman–Crippen MR) is 81.9 cm³/mol. The second kappa shape index (κ2) is 6.54. The number of hydrogen-bond acceptors (Lipinski definition) is 4. The minimum atomic E-state index is -1.33. The Hall–Kier alpha value is -1.90. The SMILES string of the molecule is NC[C@H]1C[C@@H](NC(=O)[C@@H]2C[C@H](F)CN2C(=O)O)CN1C(=O)C1CC1. The second-order valence-corrected chi connectivity index (χ2v) is 6.88. The number of amides is 3. The third-order valence-corrected chi connectivity index (χ3v) is 5.04. The van der Waals surface area contributed by atoms with Crippen molar-refractivity contribution in [1.29, 1.82) is 0 Å². The fourth-order valence-corrected chi connectivity index (χ4v) is 3.62. The van der Waals surface area contributed by atoms with E-state index in [0.29, 0.717) is 19.5 Å². The van der Waals surface area contributed by atoms with Crippen LogP contribution in [0.15, 0.2) is 0 Å². The molecular formula is C15H23FN4O4. The molecule has 24 heavy (non-hydrogen) atoms. The van der Waals surface area contributed by atoms with Crippen LogP contribution in [0.25, 0.3) is 0 Å². The average molecular weight is 342 g/mol. The normalized spacial score (nSPS) is 32.9. The number of nitrogens with one attached hydrogen (secondary N) is 1. The van der Waals surface area contributed by atoms with E-state index in [1.807, 2.05) is 0 Å². The van der Waals surface area contributed by atoms with Gasteiger partial charge in [0.05, 0.1) is 6.54 Å². The number of carboxylic acid groups (broad SMARTS) is 1. The molecule has 1 saturated carbocycles. The molecular weight excluding hydrogens is 319 g/mol. The van der Waals surface area contributed by atoms with Crippen LogP contribution >= 0.6 is 0 Å². The lowest BCUT2D eigenvalue weighted by Crippen LogP contribution is -2.49. The van der Waals surface area contributed by atoms with Crippen LogP contribution in [0.4, 0.5) is 9.18 Å². The Morgan fingerprint density at radius 1 is 1.17 bits per heavy atom. The highest BCUT2D eigenvalue weighted by molar-refractivity contribution is 5.86. The summed E-state index contributed by atoms with van der Waals surface area (Å²) in [6.07, 6.45) is -0.415. The van der Waals surface area contributed by atoms with Crippen LogP contribution in [-0.2, 0) is 9.59 Å². The van der Waals surface area contributed by atoms with Gasteiger partial charge >= 0.3 is 6.09 Å². The van der Waals surface area contributed by atoms with Crippen molar-refractivity contribution >= 4 is 17.9 Å². The zero-order chi connectivity index (χ0) is 17.4. The molecule has 0 aromatic carbocycles. The molecule has 0 radical (unpaired) electrons. The summed E-state index contributed by atoms with van der Waals surface area (Å²) in [6.45, 7) is 0.416. The largest absolute Gasteiger partial charge is 0.465 e. The smallest absolute Gasteiger partial charge is 0.408 e. The topological polar surface area (TPSA) is 116 Å². The summed E-state index contributed by atoms with van der Waals surface area (Å²) in [5.41, 5.74) is 5.74. The number of hydrogen-bond donors (Lipinski definition) is 3. The predicted octanol–water partition coefficient (Wildman–Crippen LogP) is -0.469. The lowest BCUT2D eigenvalue weighted by molar-refractivity contribution is -0.133. The lowest BCUT2D eigenvalue weighted by atomic mass is 10.1. The first-order valence-electron chi connectivity index (χ1n) is 8.35. The fourth-order valence-electron chi connectivity index (χ4n) is 3.62. The molecule has 8 nitrogen and oxygen atoms in total. The Bertz CT molecular complexity index is 542. The molecule has 3 amide bonds. The Labute approximate surface area is 139 Å². The van der Waals surface area contributed by atoms with Gasteiger partial charge in [-0.15, -0.1) is 0 Å². The van der Waals surface area contributed by atoms with E-state index >= 15 is 0 Å². The number of rotatable bonds is 4. The molecule has 4 N–H and O–H groups in total. The van der Waals surface area contributed by atoms with E-state index in [4.69, 9.17) is 10.8 Å². The number of halogens is 1. The molecule has 0 aromatic rings. The third-order valence-electron chi connectivity index (χ3n) is 5.04. The zero-order valence-corrected chi connectivity index (χ0v) is 13.4. The molecule has 2 heterocycles. The Balaban J connectivity index is 1.60. The Morgan fingerprint density at radius 2 is 1.88 bits per heavy atom. The summed E-state index contributed by atoms with van der Waals surface area (Å²) < 4.78 is 13.5. The minimum absolute atomic E-state index is 0.0816. The molecule has 4 atom stereocenters. The van der Waals surface area contributed by atoms with Crippen LogP contribution in [0.1, 0.15) is 25.7 Å². The maximum absolute atomic E-state index is 13.5. The van der Waals surface area contributed by atoms with Gasteiger partial charge in [0, 0.05) is 37.5 Å². The summed E-state index contributed by atoms with van der Waals surface area (Å²) in [6, 6.07) is -1.40. The number of carbonyl (C=O) groups is 3. The number of likely N-dealkylation sites (tertiary alicyclic amines) is 2. The van der Waals surface area contributed by atoms with Crippen molar-refractivity contribution < 1.29 is 23.9 Å². The van der Waals surface area contributed by atoms with Gasteiger partial charge < -0.3 is 21.1 Å². The first kappa shape index (κ1) is 16.9. The fraction of sp³-hybridized carbons (Fsp3) is 0.800. The number of nitrogens with two attached hydrogens (primary N) is 1. The van der Waals surface area contributed by atoms with Crippen molar-refractivity contribution in [2.45, 2.75) is 50.0 Å². The Morgan fingerprint density at radius 3 is 2.46 bits per heavy atom. The molecule has 3 aliphatic rings. The first-order valence-corrected chi connectivity index (χ1v) is 8.35. The molecule has 9 heteroatoms. The van der Waals surface area contributed by atoms with Gasteiger partial charge in [-0.25, -0.2) is 9.18 Å². The highest BCUT2D eigenvalue weighted by Gasteiger charge is 2.44. The van der Waals surface area contributed by atoms with E-state index in [0.717, 1.165) is 17.7 Å². The summed E-state index contributed by atoms with van der Waals surface area (Å²) in [4.78, 5) is 38.3. The monoisotopic (exact) mass is 342 g/mol. The summed E-state index contributed by atoms with van der Waals surface area (Å²) in [5.74, 6) is -0.337. The molecule has 0 bridgehead atoms. The Kier molecular flexibility index (Phi) is 4.62. The van der Waals surface area contributed by atoms with Crippen molar-refractivity contribution in [3.8, 4) is 0 Å². The molecule has 134 valence electrons. The van der Waals surface area contributed by atoms with E-state index in [2.05, 4.69) is 5.32 Å². The molecule has 1 aliphatic carbocycles. The van der Waals surface area contributed by atoms with Gasteiger partial charge in [0.25, 0.3) is 0 Å². The second-order valence-electron chi connectivity index (χ2n) is 6.88. The van der Waals surface area contributed by atoms with Crippen LogP contribution in [0.2, 0.25) is 0 Å². The number of alkyl halides is 1. The van der Waals surface area contributed by atoms with E-state index in [-0.39, 0.29) is 36.9 Å².